The minimum Gasteiger partial charge on any atom is -0.337 e. The minimum absolute atomic E-state index is 0.0409. The lowest BCUT2D eigenvalue weighted by Crippen LogP contribution is -2.39. The van der Waals surface area contributed by atoms with Crippen LogP contribution in [0.15, 0.2) is 18.2 Å². The van der Waals surface area contributed by atoms with Gasteiger partial charge in [0.05, 0.1) is 10.2 Å². The molecule has 1 aliphatic heterocycles. The van der Waals surface area contributed by atoms with Gasteiger partial charge in [0.15, 0.2) is 3.95 Å². The van der Waals surface area contributed by atoms with Crippen molar-refractivity contribution in [2.75, 3.05) is 32.0 Å². The van der Waals surface area contributed by atoms with Gasteiger partial charge in [-0.05, 0) is 43.3 Å². The average Bonchev–Trinajstić information content (AvgIpc) is 3.12. The normalized spacial score (nSPS) is 15.7. The molecule has 1 fully saturated rings. The Morgan fingerprint density at radius 1 is 1.45 bits per heavy atom. The molecule has 0 bridgehead atoms. The highest BCUT2D eigenvalue weighted by Gasteiger charge is 2.16. The Kier molecular flexibility index (Phi) is 4.87. The second-order valence-electron chi connectivity index (χ2n) is 5.57. The predicted molar refractivity (Wildman–Crippen MR) is 93.7 cm³/mol. The molecule has 1 aromatic carbocycles. The molecule has 118 valence electrons. The van der Waals surface area contributed by atoms with E-state index in [1.807, 2.05) is 18.2 Å². The number of carbonyl (C=O) groups is 1. The molecule has 2 aromatic rings. The van der Waals surface area contributed by atoms with Crippen molar-refractivity contribution >= 4 is 45.4 Å². The molecule has 2 heterocycles. The molecule has 3 rings (SSSR count). The first-order valence-electron chi connectivity index (χ1n) is 7.50. The van der Waals surface area contributed by atoms with Crippen LogP contribution in [-0.2, 0) is 4.79 Å². The van der Waals surface area contributed by atoms with E-state index in [4.69, 9.17) is 12.2 Å². The van der Waals surface area contributed by atoms with E-state index < -0.39 is 0 Å². The number of hydrogen-bond acceptors (Lipinski definition) is 5. The lowest BCUT2D eigenvalue weighted by Gasteiger charge is -2.27. The Bertz CT molecular complexity index is 718. The van der Waals surface area contributed by atoms with E-state index in [-0.39, 0.29) is 5.91 Å². The summed E-state index contributed by atoms with van der Waals surface area (Å²) in [4.78, 5) is 15.2. The summed E-state index contributed by atoms with van der Waals surface area (Å²) in [6, 6.07) is 5.84. The fourth-order valence-corrected chi connectivity index (χ4v) is 3.80. The van der Waals surface area contributed by atoms with Crippen LogP contribution in [0.2, 0.25) is 0 Å². The highest BCUT2D eigenvalue weighted by Crippen LogP contribution is 2.22. The second-order valence-corrected chi connectivity index (χ2v) is 7.28. The summed E-state index contributed by atoms with van der Waals surface area (Å²) in [5, 5.41) is 7.42. The van der Waals surface area contributed by atoms with Crippen molar-refractivity contribution in [1.82, 2.24) is 15.0 Å². The number of benzene rings is 1. The zero-order valence-electron chi connectivity index (χ0n) is 12.6. The third-order valence-corrected chi connectivity index (χ3v) is 5.15. The molecule has 0 radical (unpaired) electrons. The third-order valence-electron chi connectivity index (χ3n) is 3.93. The topological polar surface area (TPSA) is 51.4 Å². The molecular formula is C15H20N4OS2. The highest BCUT2D eigenvalue weighted by atomic mass is 32.1. The second kappa shape index (κ2) is 6.87. The maximum absolute atomic E-state index is 12.1. The molecule has 1 aliphatic rings. The van der Waals surface area contributed by atoms with Crippen LogP contribution in [0.1, 0.15) is 19.3 Å². The number of nitrogens with one attached hydrogen (secondary N) is 2. The Morgan fingerprint density at radius 3 is 3.00 bits per heavy atom. The lowest BCUT2D eigenvalue weighted by molar-refractivity contribution is -0.117. The van der Waals surface area contributed by atoms with Gasteiger partial charge < -0.3 is 10.3 Å². The first kappa shape index (κ1) is 15.6. The monoisotopic (exact) mass is 336 g/mol. The van der Waals surface area contributed by atoms with Gasteiger partial charge in [0.25, 0.3) is 0 Å². The molecule has 0 spiro atoms. The molecule has 22 heavy (non-hydrogen) atoms. The molecule has 1 aromatic heterocycles. The van der Waals surface area contributed by atoms with Crippen molar-refractivity contribution in [2.45, 2.75) is 19.3 Å². The van der Waals surface area contributed by atoms with Gasteiger partial charge in [-0.15, -0.1) is 11.3 Å². The van der Waals surface area contributed by atoms with E-state index in [0.717, 1.165) is 39.5 Å². The van der Waals surface area contributed by atoms with Crippen LogP contribution in [0.25, 0.3) is 10.2 Å². The van der Waals surface area contributed by atoms with Crippen molar-refractivity contribution in [3.8, 4) is 0 Å². The summed E-state index contributed by atoms with van der Waals surface area (Å²) in [5.41, 5.74) is 1.78. The number of amides is 1. The van der Waals surface area contributed by atoms with E-state index in [1.54, 1.807) is 11.3 Å². The summed E-state index contributed by atoms with van der Waals surface area (Å²) in [5.74, 6) is 0.0409. The number of fused-ring (bicyclic) bond motifs is 1. The Balaban J connectivity index is 1.54. The van der Waals surface area contributed by atoms with Gasteiger partial charge >= 0.3 is 0 Å². The van der Waals surface area contributed by atoms with Gasteiger partial charge in [0.1, 0.15) is 0 Å². The van der Waals surface area contributed by atoms with Crippen molar-refractivity contribution < 1.29 is 4.79 Å². The molecule has 0 unspecified atom stereocenters. The average molecular weight is 336 g/mol. The Labute approximate surface area is 138 Å². The summed E-state index contributed by atoms with van der Waals surface area (Å²) in [6.45, 7) is 2.95. The van der Waals surface area contributed by atoms with Crippen LogP contribution < -0.4 is 5.32 Å². The molecular weight excluding hydrogens is 316 g/mol. The molecule has 7 heteroatoms. The number of anilines is 1. The first-order chi connectivity index (χ1) is 10.6. The van der Waals surface area contributed by atoms with Crippen molar-refractivity contribution in [3.05, 3.63) is 22.2 Å². The molecule has 1 saturated heterocycles. The van der Waals surface area contributed by atoms with Crippen LogP contribution in [-0.4, -0.2) is 47.6 Å². The van der Waals surface area contributed by atoms with Gasteiger partial charge in [0.2, 0.25) is 5.91 Å². The van der Waals surface area contributed by atoms with Crippen molar-refractivity contribution in [1.29, 1.82) is 0 Å². The molecule has 0 aliphatic carbocycles. The number of hydrazine groups is 1. The SMILES string of the molecule is CN(CCC(=O)Nc1ccc2sc(=S)[nH]c2c1)N1CCCC1. The number of rotatable bonds is 5. The number of aromatic nitrogens is 1. The maximum Gasteiger partial charge on any atom is 0.225 e. The number of thiazole rings is 1. The van der Waals surface area contributed by atoms with Gasteiger partial charge in [-0.25, -0.2) is 10.0 Å². The number of nitrogens with zero attached hydrogens (tertiary/aromatic N) is 2. The third kappa shape index (κ3) is 3.73. The summed E-state index contributed by atoms with van der Waals surface area (Å²) in [6.07, 6.45) is 2.99. The zero-order chi connectivity index (χ0) is 15.5. The Morgan fingerprint density at radius 2 is 2.23 bits per heavy atom. The molecule has 0 saturated carbocycles. The van der Waals surface area contributed by atoms with E-state index in [2.05, 4.69) is 27.4 Å². The number of hydrogen-bond donors (Lipinski definition) is 2. The summed E-state index contributed by atoms with van der Waals surface area (Å²) >= 11 is 6.67. The van der Waals surface area contributed by atoms with Crippen LogP contribution in [0, 0.1) is 3.95 Å². The number of carbonyl (C=O) groups excluding carboxylic acids is 1. The van der Waals surface area contributed by atoms with E-state index in [0.29, 0.717) is 6.42 Å². The van der Waals surface area contributed by atoms with E-state index in [9.17, 15) is 4.79 Å². The van der Waals surface area contributed by atoms with Crippen molar-refractivity contribution in [3.63, 3.8) is 0 Å². The highest BCUT2D eigenvalue weighted by molar-refractivity contribution is 7.73. The van der Waals surface area contributed by atoms with E-state index in [1.165, 1.54) is 12.8 Å². The lowest BCUT2D eigenvalue weighted by atomic mass is 10.3. The summed E-state index contributed by atoms with van der Waals surface area (Å²) in [7, 11) is 2.05. The van der Waals surface area contributed by atoms with Crippen LogP contribution in [0.3, 0.4) is 0 Å². The molecule has 0 atom stereocenters. The molecule has 5 nitrogen and oxygen atoms in total. The molecule has 1 amide bonds. The van der Waals surface area contributed by atoms with E-state index >= 15 is 0 Å². The van der Waals surface area contributed by atoms with Crippen LogP contribution in [0.5, 0.6) is 0 Å². The van der Waals surface area contributed by atoms with Gasteiger partial charge in [-0.2, -0.15) is 0 Å². The van der Waals surface area contributed by atoms with Gasteiger partial charge in [-0.3, -0.25) is 4.79 Å². The maximum atomic E-state index is 12.1. The van der Waals surface area contributed by atoms with Gasteiger partial charge in [0, 0.05) is 38.8 Å². The largest absolute Gasteiger partial charge is 0.337 e. The molecule has 2 N–H and O–H groups in total. The zero-order valence-corrected chi connectivity index (χ0v) is 14.2. The summed E-state index contributed by atoms with van der Waals surface area (Å²) < 4.78 is 1.86. The van der Waals surface area contributed by atoms with Crippen LogP contribution >= 0.6 is 23.6 Å². The number of H-pyrrole nitrogens is 1. The smallest absolute Gasteiger partial charge is 0.225 e. The first-order valence-corrected chi connectivity index (χ1v) is 8.73. The number of aromatic amines is 1. The predicted octanol–water partition coefficient (Wildman–Crippen LogP) is 3.23. The fourth-order valence-electron chi connectivity index (χ4n) is 2.70. The van der Waals surface area contributed by atoms with Crippen molar-refractivity contribution in [2.24, 2.45) is 0 Å². The van der Waals surface area contributed by atoms with Crippen LogP contribution in [0.4, 0.5) is 5.69 Å². The standard InChI is InChI=1S/C15H20N4OS2/c1-18(19-7-2-3-8-19)9-6-14(20)16-11-4-5-13-12(10-11)17-15(21)22-13/h4-5,10H,2-3,6-9H2,1H3,(H,16,20)(H,17,21). The fraction of sp³-hybridized carbons (Fsp3) is 0.467. The van der Waals surface area contributed by atoms with Gasteiger partial charge in [-0.1, -0.05) is 0 Å². The quantitative estimate of drug-likeness (QED) is 0.823. The minimum atomic E-state index is 0.0409. The Hall–Kier alpha value is -1.28.